The first kappa shape index (κ1) is 11.0. The van der Waals surface area contributed by atoms with Gasteiger partial charge in [0.1, 0.15) is 4.47 Å². The van der Waals surface area contributed by atoms with Crippen LogP contribution in [0.25, 0.3) is 0 Å². The van der Waals surface area contributed by atoms with Gasteiger partial charge in [0.2, 0.25) is 11.8 Å². The molecule has 0 amide bonds. The fraction of sp³-hybridized carbons (Fsp3) is 0.500. The Labute approximate surface area is 89.9 Å². The lowest BCUT2D eigenvalue weighted by Gasteiger charge is -2.18. The van der Waals surface area contributed by atoms with Crippen molar-refractivity contribution < 1.29 is 5.11 Å². The summed E-state index contributed by atoms with van der Waals surface area (Å²) in [5, 5.41) is 9.32. The first-order valence-corrected chi connectivity index (χ1v) is 5.13. The number of anilines is 1. The van der Waals surface area contributed by atoms with Gasteiger partial charge in [-0.2, -0.15) is 4.98 Å². The third-order valence-electron chi connectivity index (χ3n) is 1.90. The molecule has 0 aliphatic heterocycles. The van der Waals surface area contributed by atoms with Crippen molar-refractivity contribution in [2.24, 2.45) is 0 Å². The van der Waals surface area contributed by atoms with Crippen molar-refractivity contribution in [1.29, 1.82) is 0 Å². The summed E-state index contributed by atoms with van der Waals surface area (Å²) in [6.07, 6.45) is 0. The van der Waals surface area contributed by atoms with Gasteiger partial charge in [0.05, 0.1) is 0 Å². The molecular weight excluding hydrogens is 250 g/mol. The van der Waals surface area contributed by atoms with Crippen molar-refractivity contribution >= 4 is 21.9 Å². The predicted molar refractivity (Wildman–Crippen MR) is 57.8 cm³/mol. The summed E-state index contributed by atoms with van der Waals surface area (Å²) in [4.78, 5) is 19.5. The van der Waals surface area contributed by atoms with E-state index < -0.39 is 0 Å². The van der Waals surface area contributed by atoms with Gasteiger partial charge in [-0.3, -0.25) is 9.78 Å². The number of aromatic nitrogens is 2. The molecule has 1 rings (SSSR count). The van der Waals surface area contributed by atoms with Crippen LogP contribution in [0, 0.1) is 0 Å². The van der Waals surface area contributed by atoms with Crippen LogP contribution in [0.1, 0.15) is 13.8 Å². The quantitative estimate of drug-likeness (QED) is 0.855. The summed E-state index contributed by atoms with van der Waals surface area (Å²) >= 11 is 2.93. The number of aromatic amines is 1. The molecule has 2 N–H and O–H groups in total. The maximum Gasteiger partial charge on any atom is 0.270 e. The number of H-pyrrole nitrogens is 1. The van der Waals surface area contributed by atoms with Gasteiger partial charge < -0.3 is 10.0 Å². The molecule has 1 aromatic heterocycles. The van der Waals surface area contributed by atoms with Gasteiger partial charge in [-0.05, 0) is 29.8 Å². The van der Waals surface area contributed by atoms with Gasteiger partial charge in [-0.1, -0.05) is 0 Å². The Balaban J connectivity index is 3.18. The molecule has 0 spiro atoms. The van der Waals surface area contributed by atoms with E-state index in [0.717, 1.165) is 13.1 Å². The molecule has 1 heterocycles. The van der Waals surface area contributed by atoms with Gasteiger partial charge in [0.25, 0.3) is 5.56 Å². The van der Waals surface area contributed by atoms with E-state index in [4.69, 9.17) is 0 Å². The zero-order chi connectivity index (χ0) is 10.7. The van der Waals surface area contributed by atoms with Crippen LogP contribution in [0.3, 0.4) is 0 Å². The summed E-state index contributed by atoms with van der Waals surface area (Å²) < 4.78 is 0.0633. The summed E-state index contributed by atoms with van der Waals surface area (Å²) in [5.41, 5.74) is -0.376. The molecule has 1 aromatic rings. The minimum Gasteiger partial charge on any atom is -0.492 e. The first-order chi connectivity index (χ1) is 6.60. The smallest absolute Gasteiger partial charge is 0.270 e. The van der Waals surface area contributed by atoms with E-state index in [9.17, 15) is 9.90 Å². The molecule has 0 atom stereocenters. The number of hydrogen-bond acceptors (Lipinski definition) is 4. The maximum atomic E-state index is 11.3. The number of hydrogen-bond donors (Lipinski definition) is 2. The van der Waals surface area contributed by atoms with Gasteiger partial charge in [-0.25, -0.2) is 0 Å². The molecule has 5 nitrogen and oxygen atoms in total. The molecule has 0 saturated carbocycles. The second-order valence-electron chi connectivity index (χ2n) is 2.70. The van der Waals surface area contributed by atoms with E-state index in [1.165, 1.54) is 0 Å². The average molecular weight is 262 g/mol. The topological polar surface area (TPSA) is 69.2 Å². The molecule has 0 aliphatic rings. The molecule has 0 unspecified atom stereocenters. The van der Waals surface area contributed by atoms with Crippen molar-refractivity contribution in [1.82, 2.24) is 9.97 Å². The molecular formula is C8H12BrN3O2. The molecule has 0 aliphatic carbocycles. The molecule has 0 bridgehead atoms. The zero-order valence-electron chi connectivity index (χ0n) is 8.04. The fourth-order valence-corrected chi connectivity index (χ4v) is 1.30. The Bertz CT molecular complexity index is 373. The third-order valence-corrected chi connectivity index (χ3v) is 2.61. The molecule has 0 aromatic carbocycles. The first-order valence-electron chi connectivity index (χ1n) is 4.33. The number of aromatic hydroxyl groups is 1. The summed E-state index contributed by atoms with van der Waals surface area (Å²) in [5.74, 6) is 0.108. The molecule has 0 radical (unpaired) electrons. The fourth-order valence-electron chi connectivity index (χ4n) is 1.11. The summed E-state index contributed by atoms with van der Waals surface area (Å²) in [7, 11) is 0. The SMILES string of the molecule is CCN(CC)c1nc(O)c(Br)c(=O)[nH]1. The lowest BCUT2D eigenvalue weighted by molar-refractivity contribution is 0.446. The van der Waals surface area contributed by atoms with Crippen LogP contribution >= 0.6 is 15.9 Å². The second kappa shape index (κ2) is 4.45. The van der Waals surface area contributed by atoms with Crippen LogP contribution in [-0.4, -0.2) is 28.2 Å². The Morgan fingerprint density at radius 2 is 2.07 bits per heavy atom. The van der Waals surface area contributed by atoms with E-state index in [0.29, 0.717) is 5.95 Å². The van der Waals surface area contributed by atoms with Gasteiger partial charge in [-0.15, -0.1) is 0 Å². The number of nitrogens with zero attached hydrogens (tertiary/aromatic N) is 2. The van der Waals surface area contributed by atoms with Crippen LogP contribution in [0.4, 0.5) is 5.95 Å². The van der Waals surface area contributed by atoms with E-state index in [1.807, 2.05) is 18.7 Å². The molecule has 6 heteroatoms. The Morgan fingerprint density at radius 1 is 1.50 bits per heavy atom. The van der Waals surface area contributed by atoms with Gasteiger partial charge >= 0.3 is 0 Å². The van der Waals surface area contributed by atoms with E-state index >= 15 is 0 Å². The van der Waals surface area contributed by atoms with Crippen LogP contribution < -0.4 is 10.5 Å². The standard InChI is InChI=1S/C8H12BrN3O2/c1-3-12(4-2)8-10-6(13)5(9)7(14)11-8/h3-4H2,1-2H3,(H2,10,11,13,14). The Hall–Kier alpha value is -1.04. The lowest BCUT2D eigenvalue weighted by atomic mass is 10.5. The lowest BCUT2D eigenvalue weighted by Crippen LogP contribution is -2.26. The Kier molecular flexibility index (Phi) is 3.51. The second-order valence-corrected chi connectivity index (χ2v) is 3.49. The molecule has 14 heavy (non-hydrogen) atoms. The number of nitrogens with one attached hydrogen (secondary N) is 1. The summed E-state index contributed by atoms with van der Waals surface area (Å²) in [6.45, 7) is 5.34. The predicted octanol–water partition coefficient (Wildman–Crippen LogP) is 1.08. The third kappa shape index (κ3) is 2.06. The van der Waals surface area contributed by atoms with E-state index in [-0.39, 0.29) is 15.9 Å². The monoisotopic (exact) mass is 261 g/mol. The number of rotatable bonds is 3. The van der Waals surface area contributed by atoms with Crippen molar-refractivity contribution in [3.63, 3.8) is 0 Å². The normalized spacial score (nSPS) is 10.2. The van der Waals surface area contributed by atoms with Crippen molar-refractivity contribution in [3.8, 4) is 5.88 Å². The van der Waals surface area contributed by atoms with Crippen LogP contribution in [-0.2, 0) is 0 Å². The molecule has 0 fully saturated rings. The zero-order valence-corrected chi connectivity index (χ0v) is 9.63. The highest BCUT2D eigenvalue weighted by atomic mass is 79.9. The van der Waals surface area contributed by atoms with Crippen molar-refractivity contribution in [2.75, 3.05) is 18.0 Å². The number of halogens is 1. The highest BCUT2D eigenvalue weighted by molar-refractivity contribution is 9.10. The van der Waals surface area contributed by atoms with Crippen molar-refractivity contribution in [3.05, 3.63) is 14.8 Å². The van der Waals surface area contributed by atoms with Crippen molar-refractivity contribution in [2.45, 2.75) is 13.8 Å². The highest BCUT2D eigenvalue weighted by Gasteiger charge is 2.10. The van der Waals surface area contributed by atoms with Crippen LogP contribution in [0.15, 0.2) is 9.27 Å². The van der Waals surface area contributed by atoms with Gasteiger partial charge in [0.15, 0.2) is 0 Å². The van der Waals surface area contributed by atoms with Crippen LogP contribution in [0.5, 0.6) is 5.88 Å². The Morgan fingerprint density at radius 3 is 2.50 bits per heavy atom. The minimum absolute atomic E-state index is 0.0633. The highest BCUT2D eigenvalue weighted by Crippen LogP contribution is 2.17. The summed E-state index contributed by atoms with van der Waals surface area (Å²) in [6, 6.07) is 0. The molecule has 0 saturated heterocycles. The minimum atomic E-state index is -0.376. The van der Waals surface area contributed by atoms with Crippen LogP contribution in [0.2, 0.25) is 0 Å². The van der Waals surface area contributed by atoms with Gasteiger partial charge in [0, 0.05) is 13.1 Å². The maximum absolute atomic E-state index is 11.3. The van der Waals surface area contributed by atoms with E-state index in [2.05, 4.69) is 25.9 Å². The largest absolute Gasteiger partial charge is 0.492 e. The average Bonchev–Trinajstić information content (AvgIpc) is 2.16. The van der Waals surface area contributed by atoms with E-state index in [1.54, 1.807) is 0 Å². The molecule has 78 valence electrons.